The van der Waals surface area contributed by atoms with Crippen LogP contribution in [0.4, 0.5) is 5.69 Å². The predicted molar refractivity (Wildman–Crippen MR) is 80.4 cm³/mol. The van der Waals surface area contributed by atoms with E-state index in [0.717, 1.165) is 24.1 Å². The molecule has 0 spiro atoms. The first-order chi connectivity index (χ1) is 9.61. The molecule has 1 aromatic heterocycles. The van der Waals surface area contributed by atoms with E-state index in [2.05, 4.69) is 0 Å². The number of halogens is 1. The maximum Gasteiger partial charge on any atom is 0.274 e. The van der Waals surface area contributed by atoms with Crippen LogP contribution in [0.1, 0.15) is 18.9 Å². The van der Waals surface area contributed by atoms with Gasteiger partial charge < -0.3 is 15.0 Å². The molecule has 0 aliphatic heterocycles. The van der Waals surface area contributed by atoms with Crippen molar-refractivity contribution in [1.29, 1.82) is 0 Å². The Morgan fingerprint density at radius 2 is 2.05 bits per heavy atom. The Labute approximate surface area is 121 Å². The zero-order valence-electron chi connectivity index (χ0n) is 11.1. The SMILES string of the molecule is COc1ccc(-c2ccc(N)c(=O)n2C2CC2)cc1Cl. The standard InChI is InChI=1S/C15H15ClN2O2/c1-20-14-7-2-9(8-11(14)16)13-6-5-12(17)15(19)18(13)10-3-4-10/h2,5-8,10H,3-4,17H2,1H3. The molecule has 1 aliphatic rings. The molecule has 1 saturated carbocycles. The second-order valence-electron chi connectivity index (χ2n) is 4.93. The Morgan fingerprint density at radius 3 is 2.65 bits per heavy atom. The van der Waals surface area contributed by atoms with Crippen LogP contribution in [-0.2, 0) is 0 Å². The van der Waals surface area contributed by atoms with Crippen LogP contribution >= 0.6 is 11.6 Å². The van der Waals surface area contributed by atoms with E-state index in [0.29, 0.717) is 10.8 Å². The number of nitrogen functional groups attached to an aromatic ring is 1. The third-order valence-electron chi connectivity index (χ3n) is 3.51. The van der Waals surface area contributed by atoms with Gasteiger partial charge in [-0.2, -0.15) is 0 Å². The van der Waals surface area contributed by atoms with E-state index in [-0.39, 0.29) is 17.3 Å². The molecule has 1 fully saturated rings. The van der Waals surface area contributed by atoms with Gasteiger partial charge in [-0.25, -0.2) is 0 Å². The van der Waals surface area contributed by atoms with Gasteiger partial charge in [0.25, 0.3) is 5.56 Å². The van der Waals surface area contributed by atoms with Gasteiger partial charge in [0, 0.05) is 6.04 Å². The summed E-state index contributed by atoms with van der Waals surface area (Å²) in [5, 5.41) is 0.525. The van der Waals surface area contributed by atoms with E-state index >= 15 is 0 Å². The lowest BCUT2D eigenvalue weighted by molar-refractivity contribution is 0.415. The first-order valence-corrected chi connectivity index (χ1v) is 6.84. The van der Waals surface area contributed by atoms with Crippen LogP contribution in [0.3, 0.4) is 0 Å². The summed E-state index contributed by atoms with van der Waals surface area (Å²) in [5.41, 5.74) is 7.61. The third-order valence-corrected chi connectivity index (χ3v) is 3.80. The number of benzene rings is 1. The molecule has 0 amide bonds. The number of rotatable bonds is 3. The second-order valence-corrected chi connectivity index (χ2v) is 5.34. The number of hydrogen-bond donors (Lipinski definition) is 1. The number of ether oxygens (including phenoxy) is 1. The van der Waals surface area contributed by atoms with Crippen LogP contribution in [-0.4, -0.2) is 11.7 Å². The van der Waals surface area contributed by atoms with Crippen LogP contribution in [0.5, 0.6) is 5.75 Å². The molecule has 5 heteroatoms. The van der Waals surface area contributed by atoms with Gasteiger partial charge in [0.1, 0.15) is 5.75 Å². The second kappa shape index (κ2) is 4.87. The molecule has 104 valence electrons. The highest BCUT2D eigenvalue weighted by molar-refractivity contribution is 6.32. The molecule has 1 aliphatic carbocycles. The monoisotopic (exact) mass is 290 g/mol. The zero-order valence-corrected chi connectivity index (χ0v) is 11.9. The highest BCUT2D eigenvalue weighted by Crippen LogP contribution is 2.38. The predicted octanol–water partition coefficient (Wildman–Crippen LogP) is 3.09. The Bertz CT molecular complexity index is 720. The Kier molecular flexibility index (Phi) is 3.18. The zero-order chi connectivity index (χ0) is 14.3. The smallest absolute Gasteiger partial charge is 0.274 e. The van der Waals surface area contributed by atoms with Crippen LogP contribution < -0.4 is 16.0 Å². The largest absolute Gasteiger partial charge is 0.495 e. The molecule has 0 unspecified atom stereocenters. The summed E-state index contributed by atoms with van der Waals surface area (Å²) >= 11 is 6.16. The van der Waals surface area contributed by atoms with Crippen molar-refractivity contribution in [2.24, 2.45) is 0 Å². The number of nitrogens with zero attached hydrogens (tertiary/aromatic N) is 1. The van der Waals surface area contributed by atoms with Gasteiger partial charge in [-0.15, -0.1) is 0 Å². The molecule has 0 atom stereocenters. The normalized spacial score (nSPS) is 14.3. The summed E-state index contributed by atoms with van der Waals surface area (Å²) in [6.07, 6.45) is 2.03. The summed E-state index contributed by atoms with van der Waals surface area (Å²) in [4.78, 5) is 12.2. The van der Waals surface area contributed by atoms with Gasteiger partial charge in [0.2, 0.25) is 0 Å². The first kappa shape index (κ1) is 13.1. The summed E-state index contributed by atoms with van der Waals surface area (Å²) in [6, 6.07) is 9.28. The fourth-order valence-electron chi connectivity index (χ4n) is 2.33. The van der Waals surface area contributed by atoms with Crippen molar-refractivity contribution >= 4 is 17.3 Å². The summed E-state index contributed by atoms with van der Waals surface area (Å²) < 4.78 is 6.92. The van der Waals surface area contributed by atoms with Gasteiger partial charge in [0.15, 0.2) is 0 Å². The molecule has 4 nitrogen and oxygen atoms in total. The van der Waals surface area contributed by atoms with Gasteiger partial charge >= 0.3 is 0 Å². The Balaban J connectivity index is 2.17. The lowest BCUT2D eigenvalue weighted by atomic mass is 10.1. The molecule has 2 aromatic rings. The molecule has 2 N–H and O–H groups in total. The minimum absolute atomic E-state index is 0.128. The number of methoxy groups -OCH3 is 1. The van der Waals surface area contributed by atoms with Crippen molar-refractivity contribution in [1.82, 2.24) is 4.57 Å². The van der Waals surface area contributed by atoms with E-state index in [1.165, 1.54) is 0 Å². The minimum atomic E-state index is -0.128. The number of anilines is 1. The van der Waals surface area contributed by atoms with E-state index < -0.39 is 0 Å². The van der Waals surface area contributed by atoms with Gasteiger partial charge in [0.05, 0.1) is 23.5 Å². The van der Waals surface area contributed by atoms with E-state index in [9.17, 15) is 4.79 Å². The van der Waals surface area contributed by atoms with Crippen molar-refractivity contribution in [2.45, 2.75) is 18.9 Å². The molecule has 0 saturated heterocycles. The quantitative estimate of drug-likeness (QED) is 0.945. The van der Waals surface area contributed by atoms with Crippen LogP contribution in [0, 0.1) is 0 Å². The molecule has 0 radical (unpaired) electrons. The molecular formula is C15H15ClN2O2. The maximum absolute atomic E-state index is 12.2. The van der Waals surface area contributed by atoms with Crippen molar-refractivity contribution in [3.8, 4) is 17.0 Å². The van der Waals surface area contributed by atoms with Gasteiger partial charge in [-0.1, -0.05) is 11.6 Å². The topological polar surface area (TPSA) is 57.2 Å². The van der Waals surface area contributed by atoms with Gasteiger partial charge in [-0.05, 0) is 48.7 Å². The van der Waals surface area contributed by atoms with Crippen molar-refractivity contribution < 1.29 is 4.74 Å². The van der Waals surface area contributed by atoms with Crippen molar-refractivity contribution in [3.05, 3.63) is 45.7 Å². The van der Waals surface area contributed by atoms with Crippen molar-refractivity contribution in [3.63, 3.8) is 0 Å². The van der Waals surface area contributed by atoms with Gasteiger partial charge in [-0.3, -0.25) is 4.79 Å². The lowest BCUT2D eigenvalue weighted by Gasteiger charge is -2.14. The Hall–Kier alpha value is -1.94. The summed E-state index contributed by atoms with van der Waals surface area (Å²) in [6.45, 7) is 0. The number of pyridine rings is 1. The van der Waals surface area contributed by atoms with E-state index in [4.69, 9.17) is 22.1 Å². The average molecular weight is 291 g/mol. The lowest BCUT2D eigenvalue weighted by Crippen LogP contribution is -2.23. The molecular weight excluding hydrogens is 276 g/mol. The number of aromatic nitrogens is 1. The minimum Gasteiger partial charge on any atom is -0.495 e. The number of nitrogens with two attached hydrogens (primary N) is 1. The first-order valence-electron chi connectivity index (χ1n) is 6.46. The van der Waals surface area contributed by atoms with E-state index in [1.807, 2.05) is 18.2 Å². The summed E-state index contributed by atoms with van der Waals surface area (Å²) in [5.74, 6) is 0.617. The summed E-state index contributed by atoms with van der Waals surface area (Å²) in [7, 11) is 1.57. The molecule has 1 heterocycles. The third kappa shape index (κ3) is 2.16. The number of hydrogen-bond acceptors (Lipinski definition) is 3. The average Bonchev–Trinajstić information content (AvgIpc) is 3.26. The van der Waals surface area contributed by atoms with Crippen LogP contribution in [0.25, 0.3) is 11.3 Å². The molecule has 20 heavy (non-hydrogen) atoms. The van der Waals surface area contributed by atoms with E-state index in [1.54, 1.807) is 23.8 Å². The molecule has 3 rings (SSSR count). The van der Waals surface area contributed by atoms with Crippen LogP contribution in [0.2, 0.25) is 5.02 Å². The highest BCUT2D eigenvalue weighted by atomic mass is 35.5. The fraction of sp³-hybridized carbons (Fsp3) is 0.267. The Morgan fingerprint density at radius 1 is 1.30 bits per heavy atom. The molecule has 0 bridgehead atoms. The molecule has 1 aromatic carbocycles. The van der Waals surface area contributed by atoms with Crippen molar-refractivity contribution in [2.75, 3.05) is 12.8 Å². The highest BCUT2D eigenvalue weighted by Gasteiger charge is 2.27. The fourth-order valence-corrected chi connectivity index (χ4v) is 2.58. The maximum atomic E-state index is 12.2. The van der Waals surface area contributed by atoms with Crippen LogP contribution in [0.15, 0.2) is 35.1 Å².